The number of fused-ring (bicyclic) bond motifs is 1. The van der Waals surface area contributed by atoms with Gasteiger partial charge < -0.3 is 10.2 Å². The molecule has 29 heavy (non-hydrogen) atoms. The Balaban J connectivity index is 1.65. The summed E-state index contributed by atoms with van der Waals surface area (Å²) >= 11 is 0. The van der Waals surface area contributed by atoms with Crippen molar-refractivity contribution in [1.82, 2.24) is 10.2 Å². The predicted molar refractivity (Wildman–Crippen MR) is 96.4 cm³/mol. The lowest BCUT2D eigenvalue weighted by Gasteiger charge is -2.57. The Labute approximate surface area is 163 Å². The number of hydrogen-bond donors (Lipinski definition) is 1. The van der Waals surface area contributed by atoms with E-state index in [9.17, 15) is 26.7 Å². The number of halogens is 5. The van der Waals surface area contributed by atoms with Crippen LogP contribution in [0.5, 0.6) is 0 Å². The molecule has 0 aromatic heterocycles. The van der Waals surface area contributed by atoms with Crippen molar-refractivity contribution in [3.05, 3.63) is 76.9 Å². The molecule has 0 saturated carbocycles. The lowest BCUT2D eigenvalue weighted by molar-refractivity contribution is -0.145. The van der Waals surface area contributed by atoms with E-state index in [1.54, 1.807) is 4.90 Å². The highest BCUT2D eigenvalue weighted by Crippen LogP contribution is 2.45. The van der Waals surface area contributed by atoms with Crippen LogP contribution in [0.4, 0.5) is 22.0 Å². The van der Waals surface area contributed by atoms with Gasteiger partial charge in [-0.2, -0.15) is 13.2 Å². The van der Waals surface area contributed by atoms with Crippen molar-refractivity contribution in [3.63, 3.8) is 0 Å². The van der Waals surface area contributed by atoms with Crippen molar-refractivity contribution in [3.8, 4) is 0 Å². The Morgan fingerprint density at radius 1 is 1.07 bits per heavy atom. The summed E-state index contributed by atoms with van der Waals surface area (Å²) in [4.78, 5) is 14.2. The first kappa shape index (κ1) is 19.4. The molecule has 0 aliphatic carbocycles. The number of benzene rings is 2. The van der Waals surface area contributed by atoms with Gasteiger partial charge in [-0.25, -0.2) is 8.78 Å². The quantitative estimate of drug-likeness (QED) is 0.750. The second kappa shape index (κ2) is 6.86. The van der Waals surface area contributed by atoms with Crippen LogP contribution in [0.3, 0.4) is 0 Å². The van der Waals surface area contributed by atoms with Crippen LogP contribution in [0.1, 0.15) is 36.0 Å². The molecule has 8 heteroatoms. The van der Waals surface area contributed by atoms with Crippen molar-refractivity contribution < 1.29 is 26.7 Å². The maximum absolute atomic E-state index is 14.4. The summed E-state index contributed by atoms with van der Waals surface area (Å²) in [5, 5.41) is 3.14. The second-order valence-electron chi connectivity index (χ2n) is 7.14. The van der Waals surface area contributed by atoms with Crippen LogP contribution in [0.25, 0.3) is 5.70 Å². The molecular formula is C21H17F5N2O. The topological polar surface area (TPSA) is 32.3 Å². The maximum Gasteiger partial charge on any atom is 0.416 e. The van der Waals surface area contributed by atoms with E-state index in [0.717, 1.165) is 18.2 Å². The number of alkyl halides is 3. The summed E-state index contributed by atoms with van der Waals surface area (Å²) in [6.07, 6.45) is -3.10. The zero-order chi connectivity index (χ0) is 20.9. The van der Waals surface area contributed by atoms with Crippen LogP contribution in [-0.4, -0.2) is 23.0 Å². The number of nitrogens with one attached hydrogen (secondary N) is 1. The third-order valence-corrected chi connectivity index (χ3v) is 5.50. The van der Waals surface area contributed by atoms with Crippen LogP contribution in [0.2, 0.25) is 0 Å². The van der Waals surface area contributed by atoms with E-state index < -0.39 is 35.5 Å². The molecule has 2 aliphatic heterocycles. The third-order valence-electron chi connectivity index (χ3n) is 5.50. The molecule has 3 unspecified atom stereocenters. The first-order valence-corrected chi connectivity index (χ1v) is 9.14. The van der Waals surface area contributed by atoms with Gasteiger partial charge >= 0.3 is 6.18 Å². The van der Waals surface area contributed by atoms with E-state index in [-0.39, 0.29) is 11.9 Å². The largest absolute Gasteiger partial charge is 0.416 e. The Bertz CT molecular complexity index is 984. The molecule has 3 nitrogen and oxygen atoms in total. The molecule has 152 valence electrons. The van der Waals surface area contributed by atoms with Crippen LogP contribution in [0.15, 0.2) is 48.5 Å². The Kier molecular flexibility index (Phi) is 4.59. The van der Waals surface area contributed by atoms with E-state index in [1.165, 1.54) is 30.3 Å². The summed E-state index contributed by atoms with van der Waals surface area (Å²) in [6.45, 7) is 1.87. The van der Waals surface area contributed by atoms with E-state index in [1.807, 2.05) is 6.92 Å². The summed E-state index contributed by atoms with van der Waals surface area (Å²) in [6, 6.07) is 7.56. The second-order valence-corrected chi connectivity index (χ2v) is 7.14. The fourth-order valence-corrected chi connectivity index (χ4v) is 4.13. The lowest BCUT2D eigenvalue weighted by Crippen LogP contribution is -2.70. The normalized spacial score (nSPS) is 23.8. The zero-order valence-corrected chi connectivity index (χ0v) is 15.3. The zero-order valence-electron chi connectivity index (χ0n) is 15.3. The molecule has 1 saturated heterocycles. The minimum atomic E-state index is -4.45. The van der Waals surface area contributed by atoms with Gasteiger partial charge in [-0.1, -0.05) is 25.1 Å². The van der Waals surface area contributed by atoms with Gasteiger partial charge in [0, 0.05) is 29.8 Å². The molecule has 2 aliphatic rings. The van der Waals surface area contributed by atoms with Crippen LogP contribution in [-0.2, 0) is 11.0 Å². The van der Waals surface area contributed by atoms with Crippen LogP contribution < -0.4 is 5.32 Å². The van der Waals surface area contributed by atoms with Gasteiger partial charge in [0.05, 0.1) is 5.56 Å². The maximum atomic E-state index is 14.4. The summed E-state index contributed by atoms with van der Waals surface area (Å²) in [5.41, 5.74) is 0.302. The van der Waals surface area contributed by atoms with Crippen molar-refractivity contribution in [2.45, 2.75) is 37.6 Å². The first-order chi connectivity index (χ1) is 13.7. The molecule has 4 rings (SSSR count). The molecule has 2 aromatic carbocycles. The average molecular weight is 408 g/mol. The summed E-state index contributed by atoms with van der Waals surface area (Å²) < 4.78 is 66.0. The molecule has 2 heterocycles. The Hall–Kier alpha value is -2.90. The van der Waals surface area contributed by atoms with Gasteiger partial charge in [0.15, 0.2) is 0 Å². The molecule has 0 bridgehead atoms. The number of rotatable bonds is 3. The van der Waals surface area contributed by atoms with Gasteiger partial charge in [-0.3, -0.25) is 4.79 Å². The fourth-order valence-electron chi connectivity index (χ4n) is 4.13. The molecule has 0 spiro atoms. The standard InChI is InChI=1S/C21H17F5N2O/c1-2-17-19(14-8-7-13(22)9-15(14)23)20-27-16(10-18(29)28(17)20)11-3-5-12(6-4-11)21(24,25)26/h3-10,17,19-20,27H,2H2,1H3. The van der Waals surface area contributed by atoms with Crippen molar-refractivity contribution >= 4 is 11.6 Å². The molecule has 1 N–H and O–H groups in total. The Morgan fingerprint density at radius 3 is 2.34 bits per heavy atom. The minimum absolute atomic E-state index is 0.259. The van der Waals surface area contributed by atoms with Gasteiger partial charge in [0.1, 0.15) is 17.8 Å². The van der Waals surface area contributed by atoms with Crippen molar-refractivity contribution in [2.75, 3.05) is 0 Å². The number of nitrogens with zero attached hydrogens (tertiary/aromatic N) is 1. The number of amides is 1. The highest BCUT2D eigenvalue weighted by molar-refractivity contribution is 5.98. The lowest BCUT2D eigenvalue weighted by atomic mass is 9.76. The predicted octanol–water partition coefficient (Wildman–Crippen LogP) is 4.66. The molecule has 1 fully saturated rings. The minimum Gasteiger partial charge on any atom is -0.364 e. The highest BCUT2D eigenvalue weighted by Gasteiger charge is 2.53. The third kappa shape index (κ3) is 3.26. The van der Waals surface area contributed by atoms with Gasteiger partial charge in [-0.05, 0) is 35.7 Å². The van der Waals surface area contributed by atoms with E-state index in [0.29, 0.717) is 23.2 Å². The fraction of sp³-hybridized carbons (Fsp3) is 0.286. The van der Waals surface area contributed by atoms with Crippen molar-refractivity contribution in [2.24, 2.45) is 0 Å². The van der Waals surface area contributed by atoms with E-state index >= 15 is 0 Å². The smallest absolute Gasteiger partial charge is 0.364 e. The van der Waals surface area contributed by atoms with Gasteiger partial charge in [0.25, 0.3) is 5.91 Å². The number of carbonyl (C=O) groups excluding carboxylic acids is 1. The van der Waals surface area contributed by atoms with Gasteiger partial charge in [0.2, 0.25) is 0 Å². The monoisotopic (exact) mass is 408 g/mol. The Morgan fingerprint density at radius 2 is 1.76 bits per heavy atom. The molecule has 0 radical (unpaired) electrons. The number of hydrogen-bond acceptors (Lipinski definition) is 2. The number of carbonyl (C=O) groups is 1. The summed E-state index contributed by atoms with van der Waals surface area (Å²) in [5.74, 6) is -2.07. The summed E-state index contributed by atoms with van der Waals surface area (Å²) in [7, 11) is 0. The molecule has 1 amide bonds. The molecule has 2 aromatic rings. The van der Waals surface area contributed by atoms with E-state index in [4.69, 9.17) is 0 Å². The SMILES string of the molecule is CCC1C(c2ccc(F)cc2F)C2NC(c3ccc(C(F)(F)F)cc3)=CC(=O)N12. The van der Waals surface area contributed by atoms with Gasteiger partial charge in [-0.15, -0.1) is 0 Å². The van der Waals surface area contributed by atoms with Crippen LogP contribution in [0, 0.1) is 11.6 Å². The molecular weight excluding hydrogens is 391 g/mol. The molecule has 3 atom stereocenters. The van der Waals surface area contributed by atoms with Crippen LogP contribution >= 0.6 is 0 Å². The first-order valence-electron chi connectivity index (χ1n) is 9.14. The van der Waals surface area contributed by atoms with Crippen molar-refractivity contribution in [1.29, 1.82) is 0 Å². The average Bonchev–Trinajstić information content (AvgIpc) is 2.64. The highest BCUT2D eigenvalue weighted by atomic mass is 19.4. The van der Waals surface area contributed by atoms with E-state index in [2.05, 4.69) is 5.32 Å².